The lowest BCUT2D eigenvalue weighted by Gasteiger charge is -2.03. The summed E-state index contributed by atoms with van der Waals surface area (Å²) in [4.78, 5) is 11.3. The van der Waals surface area contributed by atoms with Crippen molar-refractivity contribution >= 4 is 29.0 Å². The summed E-state index contributed by atoms with van der Waals surface area (Å²) in [5.41, 5.74) is 0.991. The van der Waals surface area contributed by atoms with Gasteiger partial charge in [0.25, 0.3) is 0 Å². The van der Waals surface area contributed by atoms with Crippen LogP contribution in [0.3, 0.4) is 0 Å². The van der Waals surface area contributed by atoms with Gasteiger partial charge >= 0.3 is 0 Å². The van der Waals surface area contributed by atoms with Crippen LogP contribution in [0.5, 0.6) is 0 Å². The normalized spacial score (nSPS) is 10.3. The van der Waals surface area contributed by atoms with Crippen molar-refractivity contribution in [2.75, 3.05) is 0 Å². The van der Waals surface area contributed by atoms with Gasteiger partial charge in [-0.2, -0.15) is 0 Å². The highest BCUT2D eigenvalue weighted by Crippen LogP contribution is 2.22. The molecule has 0 spiro atoms. The van der Waals surface area contributed by atoms with Crippen LogP contribution in [0.4, 0.5) is 0 Å². The van der Waals surface area contributed by atoms with Gasteiger partial charge in [0.1, 0.15) is 5.78 Å². The third-order valence-electron chi connectivity index (χ3n) is 2.22. The summed E-state index contributed by atoms with van der Waals surface area (Å²) in [5.74, 6) is 0.295. The molecule has 0 bridgehead atoms. The first-order chi connectivity index (χ1) is 7.13. The molecule has 0 saturated heterocycles. The molecule has 15 heavy (non-hydrogen) atoms. The van der Waals surface area contributed by atoms with Crippen LogP contribution in [0.2, 0.25) is 10.0 Å². The average Bonchev–Trinajstić information content (AvgIpc) is 2.17. The standard InChI is InChI=1S/C12H14Cl2O/c1-2-3-11(15)7-5-9-4-6-10(13)8-12(9)14/h4,6,8H,2-3,5,7H2,1H3. The highest BCUT2D eigenvalue weighted by atomic mass is 35.5. The summed E-state index contributed by atoms with van der Waals surface area (Å²) in [6, 6.07) is 5.39. The first-order valence-corrected chi connectivity index (χ1v) is 5.84. The Bertz CT molecular complexity index is 347. The SMILES string of the molecule is CCCC(=O)CCc1ccc(Cl)cc1Cl. The van der Waals surface area contributed by atoms with Crippen molar-refractivity contribution in [1.82, 2.24) is 0 Å². The summed E-state index contributed by atoms with van der Waals surface area (Å²) in [5, 5.41) is 1.27. The van der Waals surface area contributed by atoms with Gasteiger partial charge in [-0.3, -0.25) is 4.79 Å². The van der Waals surface area contributed by atoms with E-state index in [1.54, 1.807) is 12.1 Å². The molecule has 0 radical (unpaired) electrons. The number of hydrogen-bond acceptors (Lipinski definition) is 1. The second-order valence-corrected chi connectivity index (χ2v) is 4.37. The zero-order chi connectivity index (χ0) is 11.3. The van der Waals surface area contributed by atoms with E-state index in [0.29, 0.717) is 35.1 Å². The molecule has 0 saturated carbocycles. The average molecular weight is 245 g/mol. The smallest absolute Gasteiger partial charge is 0.133 e. The molecule has 0 N–H and O–H groups in total. The molecule has 0 aliphatic rings. The van der Waals surface area contributed by atoms with Crippen molar-refractivity contribution in [3.8, 4) is 0 Å². The minimum Gasteiger partial charge on any atom is -0.300 e. The molecule has 0 unspecified atom stereocenters. The molecular weight excluding hydrogens is 231 g/mol. The molecule has 1 aromatic carbocycles. The van der Waals surface area contributed by atoms with Crippen LogP contribution in [0.15, 0.2) is 18.2 Å². The highest BCUT2D eigenvalue weighted by molar-refractivity contribution is 6.35. The van der Waals surface area contributed by atoms with Gasteiger partial charge in [-0.15, -0.1) is 0 Å². The highest BCUT2D eigenvalue weighted by Gasteiger charge is 2.04. The summed E-state index contributed by atoms with van der Waals surface area (Å²) in [7, 11) is 0. The Morgan fingerprint density at radius 3 is 2.60 bits per heavy atom. The third-order valence-corrected chi connectivity index (χ3v) is 2.80. The fourth-order valence-corrected chi connectivity index (χ4v) is 1.91. The van der Waals surface area contributed by atoms with Gasteiger partial charge in [-0.05, 0) is 30.5 Å². The predicted octanol–water partition coefficient (Wildman–Crippen LogP) is 4.30. The van der Waals surface area contributed by atoms with Crippen LogP contribution in [0, 0.1) is 0 Å². The minimum atomic E-state index is 0.295. The molecule has 0 amide bonds. The fraction of sp³-hybridized carbons (Fsp3) is 0.417. The lowest BCUT2D eigenvalue weighted by molar-refractivity contribution is -0.119. The van der Waals surface area contributed by atoms with Crippen molar-refractivity contribution in [2.45, 2.75) is 32.6 Å². The van der Waals surface area contributed by atoms with Crippen molar-refractivity contribution < 1.29 is 4.79 Å². The number of ketones is 1. The van der Waals surface area contributed by atoms with Gasteiger partial charge in [-0.25, -0.2) is 0 Å². The maximum atomic E-state index is 11.3. The van der Waals surface area contributed by atoms with E-state index >= 15 is 0 Å². The van der Waals surface area contributed by atoms with Crippen LogP contribution in [-0.4, -0.2) is 5.78 Å². The molecular formula is C12H14Cl2O. The van der Waals surface area contributed by atoms with Crippen molar-refractivity contribution in [3.63, 3.8) is 0 Å². The number of aryl methyl sites for hydroxylation is 1. The van der Waals surface area contributed by atoms with E-state index in [9.17, 15) is 4.79 Å². The zero-order valence-corrected chi connectivity index (χ0v) is 10.2. The number of Topliss-reactive ketones (excluding diaryl/α,β-unsaturated/α-hetero) is 1. The van der Waals surface area contributed by atoms with E-state index in [0.717, 1.165) is 12.0 Å². The van der Waals surface area contributed by atoms with Crippen LogP contribution in [-0.2, 0) is 11.2 Å². The van der Waals surface area contributed by atoms with Gasteiger partial charge in [0, 0.05) is 22.9 Å². The minimum absolute atomic E-state index is 0.295. The Hall–Kier alpha value is -0.530. The molecule has 0 fully saturated rings. The quantitative estimate of drug-likeness (QED) is 0.756. The second kappa shape index (κ2) is 6.14. The topological polar surface area (TPSA) is 17.1 Å². The van der Waals surface area contributed by atoms with Crippen molar-refractivity contribution in [1.29, 1.82) is 0 Å². The van der Waals surface area contributed by atoms with Gasteiger partial charge in [-0.1, -0.05) is 36.2 Å². The maximum absolute atomic E-state index is 11.3. The van der Waals surface area contributed by atoms with E-state index in [1.165, 1.54) is 0 Å². The van der Waals surface area contributed by atoms with Crippen molar-refractivity contribution in [3.05, 3.63) is 33.8 Å². The van der Waals surface area contributed by atoms with Gasteiger partial charge in [0.2, 0.25) is 0 Å². The number of carbonyl (C=O) groups excluding carboxylic acids is 1. The summed E-state index contributed by atoms with van der Waals surface area (Å²) in [6.07, 6.45) is 2.84. The van der Waals surface area contributed by atoms with E-state index < -0.39 is 0 Å². The second-order valence-electron chi connectivity index (χ2n) is 3.52. The van der Waals surface area contributed by atoms with E-state index in [1.807, 2.05) is 13.0 Å². The molecule has 82 valence electrons. The molecule has 1 aromatic rings. The number of halogens is 2. The Balaban J connectivity index is 2.54. The number of benzene rings is 1. The molecule has 0 atom stereocenters. The van der Waals surface area contributed by atoms with Crippen LogP contribution < -0.4 is 0 Å². The molecule has 1 rings (SSSR count). The lowest BCUT2D eigenvalue weighted by Crippen LogP contribution is -1.99. The van der Waals surface area contributed by atoms with Crippen LogP contribution in [0.25, 0.3) is 0 Å². The lowest BCUT2D eigenvalue weighted by atomic mass is 10.1. The van der Waals surface area contributed by atoms with Gasteiger partial charge in [0.05, 0.1) is 0 Å². The van der Waals surface area contributed by atoms with E-state index in [2.05, 4.69) is 0 Å². The largest absolute Gasteiger partial charge is 0.300 e. The first-order valence-electron chi connectivity index (χ1n) is 5.09. The van der Waals surface area contributed by atoms with Gasteiger partial charge < -0.3 is 0 Å². The number of carbonyl (C=O) groups is 1. The van der Waals surface area contributed by atoms with Crippen molar-refractivity contribution in [2.24, 2.45) is 0 Å². The van der Waals surface area contributed by atoms with Gasteiger partial charge in [0.15, 0.2) is 0 Å². The summed E-state index contributed by atoms with van der Waals surface area (Å²) < 4.78 is 0. The molecule has 0 heterocycles. The summed E-state index contributed by atoms with van der Waals surface area (Å²) in [6.45, 7) is 2.01. The Morgan fingerprint density at radius 1 is 1.27 bits per heavy atom. The molecule has 3 heteroatoms. The zero-order valence-electron chi connectivity index (χ0n) is 8.72. The first kappa shape index (κ1) is 12.5. The molecule has 0 aliphatic carbocycles. The van der Waals surface area contributed by atoms with Crippen LogP contribution >= 0.6 is 23.2 Å². The van der Waals surface area contributed by atoms with E-state index in [-0.39, 0.29) is 0 Å². The predicted molar refractivity (Wildman–Crippen MR) is 64.7 cm³/mol. The maximum Gasteiger partial charge on any atom is 0.133 e. The molecule has 0 aliphatic heterocycles. The fourth-order valence-electron chi connectivity index (χ4n) is 1.40. The Morgan fingerprint density at radius 2 is 2.00 bits per heavy atom. The summed E-state index contributed by atoms with van der Waals surface area (Å²) >= 11 is 11.8. The van der Waals surface area contributed by atoms with Crippen LogP contribution in [0.1, 0.15) is 31.7 Å². The third kappa shape index (κ3) is 4.23. The van der Waals surface area contributed by atoms with E-state index in [4.69, 9.17) is 23.2 Å². The molecule has 0 aromatic heterocycles. The Kier molecular flexibility index (Phi) is 5.13. The number of rotatable bonds is 5. The Labute approximate surface area is 100 Å². The molecule has 1 nitrogen and oxygen atoms in total. The number of hydrogen-bond donors (Lipinski definition) is 0. The monoisotopic (exact) mass is 244 g/mol.